The second kappa shape index (κ2) is 6.93. The number of halogens is 1. The van der Waals surface area contributed by atoms with E-state index in [1.54, 1.807) is 18.2 Å². The fourth-order valence-electron chi connectivity index (χ4n) is 2.06. The van der Waals surface area contributed by atoms with E-state index in [-0.39, 0.29) is 11.3 Å². The van der Waals surface area contributed by atoms with E-state index in [1.807, 2.05) is 24.4 Å². The zero-order chi connectivity index (χ0) is 16.2. The van der Waals surface area contributed by atoms with Gasteiger partial charge >= 0.3 is 5.97 Å². The fourth-order valence-corrected chi connectivity index (χ4v) is 3.05. The van der Waals surface area contributed by atoms with Gasteiger partial charge in [-0.25, -0.2) is 9.78 Å². The lowest BCUT2D eigenvalue weighted by molar-refractivity contribution is 0.0505. The van der Waals surface area contributed by atoms with Gasteiger partial charge in [0, 0.05) is 5.69 Å². The number of esters is 1. The molecular formula is C16H14ClN3O2S. The standard InChI is InChI=1S/C16H14ClN3O2S/c1-2-7-22-15(21)10-4-3-5-11(9-10)18-13-12-6-8-23-14(12)20-16(17)19-13/h3-6,8-9H,2,7H2,1H3,(H,18,19,20). The van der Waals surface area contributed by atoms with Gasteiger partial charge in [0.2, 0.25) is 5.28 Å². The van der Waals surface area contributed by atoms with Crippen molar-refractivity contribution in [2.24, 2.45) is 0 Å². The molecule has 0 aliphatic carbocycles. The molecule has 0 unspecified atom stereocenters. The Morgan fingerprint density at radius 2 is 2.22 bits per heavy atom. The normalized spacial score (nSPS) is 10.7. The maximum Gasteiger partial charge on any atom is 0.338 e. The van der Waals surface area contributed by atoms with Crippen LogP contribution in [0.3, 0.4) is 0 Å². The summed E-state index contributed by atoms with van der Waals surface area (Å²) in [4.78, 5) is 21.2. The van der Waals surface area contributed by atoms with Crippen LogP contribution in [0.4, 0.5) is 11.5 Å². The molecule has 2 heterocycles. The maximum atomic E-state index is 11.9. The van der Waals surface area contributed by atoms with E-state index >= 15 is 0 Å². The Labute approximate surface area is 142 Å². The highest BCUT2D eigenvalue weighted by atomic mass is 35.5. The van der Waals surface area contributed by atoms with Crippen LogP contribution in [0.25, 0.3) is 10.2 Å². The average Bonchev–Trinajstić information content (AvgIpc) is 3.01. The van der Waals surface area contributed by atoms with Gasteiger partial charge in [0.25, 0.3) is 0 Å². The highest BCUT2D eigenvalue weighted by Crippen LogP contribution is 2.28. The number of nitrogens with zero attached hydrogens (tertiary/aromatic N) is 2. The summed E-state index contributed by atoms with van der Waals surface area (Å²) < 4.78 is 5.15. The van der Waals surface area contributed by atoms with Crippen molar-refractivity contribution in [3.8, 4) is 0 Å². The number of benzene rings is 1. The minimum atomic E-state index is -0.336. The molecule has 1 aromatic carbocycles. The number of carbonyl (C=O) groups is 1. The Hall–Kier alpha value is -2.18. The molecule has 3 aromatic rings. The summed E-state index contributed by atoms with van der Waals surface area (Å²) in [5.74, 6) is 0.275. The molecule has 7 heteroatoms. The molecule has 5 nitrogen and oxygen atoms in total. The van der Waals surface area contributed by atoms with Crippen molar-refractivity contribution in [1.82, 2.24) is 9.97 Å². The van der Waals surface area contributed by atoms with Gasteiger partial charge in [-0.1, -0.05) is 13.0 Å². The largest absolute Gasteiger partial charge is 0.462 e. The molecule has 0 aliphatic rings. The number of thiophene rings is 1. The summed E-state index contributed by atoms with van der Waals surface area (Å²) >= 11 is 7.45. The highest BCUT2D eigenvalue weighted by Gasteiger charge is 2.10. The number of nitrogens with one attached hydrogen (secondary N) is 1. The van der Waals surface area contributed by atoms with E-state index in [0.29, 0.717) is 18.0 Å². The number of fused-ring (bicyclic) bond motifs is 1. The predicted octanol–water partition coefficient (Wildman–Crippen LogP) is 4.66. The third-order valence-electron chi connectivity index (χ3n) is 3.10. The van der Waals surface area contributed by atoms with Crippen molar-refractivity contribution < 1.29 is 9.53 Å². The van der Waals surface area contributed by atoms with Crippen LogP contribution in [-0.4, -0.2) is 22.5 Å². The van der Waals surface area contributed by atoms with E-state index in [2.05, 4.69) is 15.3 Å². The molecule has 0 saturated carbocycles. The molecular weight excluding hydrogens is 334 g/mol. The lowest BCUT2D eigenvalue weighted by Crippen LogP contribution is -2.06. The van der Waals surface area contributed by atoms with Gasteiger partial charge in [0.05, 0.1) is 17.6 Å². The second-order valence-electron chi connectivity index (χ2n) is 4.82. The number of aromatic nitrogens is 2. The first-order chi connectivity index (χ1) is 11.2. The van der Waals surface area contributed by atoms with Crippen molar-refractivity contribution in [2.45, 2.75) is 13.3 Å². The van der Waals surface area contributed by atoms with Crippen molar-refractivity contribution in [3.63, 3.8) is 0 Å². The van der Waals surface area contributed by atoms with Crippen LogP contribution in [0.15, 0.2) is 35.7 Å². The number of ether oxygens (including phenoxy) is 1. The van der Waals surface area contributed by atoms with E-state index in [0.717, 1.165) is 22.3 Å². The van der Waals surface area contributed by atoms with E-state index in [4.69, 9.17) is 16.3 Å². The lowest BCUT2D eigenvalue weighted by atomic mass is 10.2. The molecule has 0 amide bonds. The van der Waals surface area contributed by atoms with E-state index < -0.39 is 0 Å². The van der Waals surface area contributed by atoms with Crippen molar-refractivity contribution in [2.75, 3.05) is 11.9 Å². The number of hydrogen-bond donors (Lipinski definition) is 1. The summed E-state index contributed by atoms with van der Waals surface area (Å²) in [6.45, 7) is 2.36. The van der Waals surface area contributed by atoms with Crippen LogP contribution in [0, 0.1) is 0 Å². The van der Waals surface area contributed by atoms with Crippen LogP contribution in [-0.2, 0) is 4.74 Å². The first-order valence-corrected chi connectivity index (χ1v) is 8.38. The van der Waals surface area contributed by atoms with Crippen LogP contribution in [0.1, 0.15) is 23.7 Å². The molecule has 0 aliphatic heterocycles. The Morgan fingerprint density at radius 3 is 3.04 bits per heavy atom. The van der Waals surface area contributed by atoms with Gasteiger partial charge in [-0.05, 0) is 47.7 Å². The van der Waals surface area contributed by atoms with Crippen LogP contribution in [0.2, 0.25) is 5.28 Å². The number of rotatable bonds is 5. The molecule has 0 atom stereocenters. The second-order valence-corrected chi connectivity index (χ2v) is 6.06. The lowest BCUT2D eigenvalue weighted by Gasteiger charge is -2.09. The topological polar surface area (TPSA) is 64.1 Å². The summed E-state index contributed by atoms with van der Waals surface area (Å²) in [7, 11) is 0. The van der Waals surface area contributed by atoms with Gasteiger partial charge < -0.3 is 10.1 Å². The summed E-state index contributed by atoms with van der Waals surface area (Å²) in [5, 5.41) is 6.19. The molecule has 2 aromatic heterocycles. The Balaban J connectivity index is 1.87. The minimum absolute atomic E-state index is 0.181. The quantitative estimate of drug-likeness (QED) is 0.537. The summed E-state index contributed by atoms with van der Waals surface area (Å²) in [6, 6.07) is 9.02. The van der Waals surface area contributed by atoms with Crippen LogP contribution < -0.4 is 5.32 Å². The van der Waals surface area contributed by atoms with E-state index in [9.17, 15) is 4.79 Å². The summed E-state index contributed by atoms with van der Waals surface area (Å²) in [5.41, 5.74) is 1.23. The fraction of sp³-hybridized carbons (Fsp3) is 0.188. The molecule has 0 saturated heterocycles. The zero-order valence-corrected chi connectivity index (χ0v) is 13.9. The molecule has 23 heavy (non-hydrogen) atoms. The van der Waals surface area contributed by atoms with Crippen LogP contribution >= 0.6 is 22.9 Å². The Kier molecular flexibility index (Phi) is 4.73. The van der Waals surface area contributed by atoms with E-state index in [1.165, 1.54) is 11.3 Å². The minimum Gasteiger partial charge on any atom is -0.462 e. The third kappa shape index (κ3) is 3.60. The summed E-state index contributed by atoms with van der Waals surface area (Å²) in [6.07, 6.45) is 0.791. The zero-order valence-electron chi connectivity index (χ0n) is 12.4. The molecule has 3 rings (SSSR count). The Morgan fingerprint density at radius 1 is 1.35 bits per heavy atom. The molecule has 0 fully saturated rings. The first kappa shape index (κ1) is 15.7. The maximum absolute atomic E-state index is 11.9. The Bertz CT molecular complexity index is 850. The SMILES string of the molecule is CCCOC(=O)c1cccc(Nc2nc(Cl)nc3sccc23)c1. The number of hydrogen-bond acceptors (Lipinski definition) is 6. The number of carbonyl (C=O) groups excluding carboxylic acids is 1. The molecule has 0 spiro atoms. The molecule has 0 bridgehead atoms. The van der Waals surface area contributed by atoms with Crippen molar-refractivity contribution >= 4 is 50.6 Å². The van der Waals surface area contributed by atoms with Gasteiger partial charge in [-0.15, -0.1) is 11.3 Å². The number of anilines is 2. The van der Waals surface area contributed by atoms with Gasteiger partial charge in [-0.2, -0.15) is 4.98 Å². The van der Waals surface area contributed by atoms with Gasteiger partial charge in [0.1, 0.15) is 10.6 Å². The van der Waals surface area contributed by atoms with Crippen molar-refractivity contribution in [1.29, 1.82) is 0 Å². The monoisotopic (exact) mass is 347 g/mol. The van der Waals surface area contributed by atoms with Gasteiger partial charge in [0.15, 0.2) is 0 Å². The molecule has 118 valence electrons. The van der Waals surface area contributed by atoms with Gasteiger partial charge in [-0.3, -0.25) is 0 Å². The highest BCUT2D eigenvalue weighted by molar-refractivity contribution is 7.16. The predicted molar refractivity (Wildman–Crippen MR) is 92.7 cm³/mol. The third-order valence-corrected chi connectivity index (χ3v) is 4.07. The average molecular weight is 348 g/mol. The van der Waals surface area contributed by atoms with Crippen LogP contribution in [0.5, 0.6) is 0 Å². The molecule has 0 radical (unpaired) electrons. The smallest absolute Gasteiger partial charge is 0.338 e. The molecule has 1 N–H and O–H groups in total. The van der Waals surface area contributed by atoms with Crippen molar-refractivity contribution in [3.05, 3.63) is 46.6 Å². The first-order valence-electron chi connectivity index (χ1n) is 7.12.